The monoisotopic (exact) mass is 367 g/mol. The topological polar surface area (TPSA) is 115 Å². The minimum Gasteiger partial charge on any atom is -0.477 e. The van der Waals surface area contributed by atoms with Gasteiger partial charge >= 0.3 is 5.97 Å². The third kappa shape index (κ3) is 3.17. The summed E-state index contributed by atoms with van der Waals surface area (Å²) in [4.78, 5) is 39.3. The first kappa shape index (κ1) is 18.2. The Morgan fingerprint density at radius 2 is 1.85 bits per heavy atom. The molecule has 0 saturated heterocycles. The molecule has 0 aliphatic heterocycles. The molecule has 0 saturated carbocycles. The van der Waals surface area contributed by atoms with Gasteiger partial charge < -0.3 is 9.67 Å². The van der Waals surface area contributed by atoms with E-state index in [1.807, 2.05) is 0 Å². The summed E-state index contributed by atoms with van der Waals surface area (Å²) < 4.78 is 1.61. The number of carboxylic acids is 1. The fraction of sp³-hybridized carbons (Fsp3) is 0.211. The first-order valence-corrected chi connectivity index (χ1v) is 8.27. The zero-order chi connectivity index (χ0) is 19.9. The summed E-state index contributed by atoms with van der Waals surface area (Å²) in [6.07, 6.45) is 1.27. The van der Waals surface area contributed by atoms with Crippen molar-refractivity contribution < 1.29 is 14.8 Å². The summed E-state index contributed by atoms with van der Waals surface area (Å²) in [6.45, 7) is 5.80. The van der Waals surface area contributed by atoms with Gasteiger partial charge in [-0.05, 0) is 44.5 Å². The standard InChI is InChI=1S/C19H17N3O5/c1-4-21-9-15(19(24)25)18(23)14-8-17(22(26)27)13(7-16(14)21)12-5-10(2)20-11(3)6-12/h5-9H,4H2,1-3H3,(H,24,25). The molecule has 1 N–H and O–H groups in total. The third-order valence-electron chi connectivity index (χ3n) is 4.36. The molecule has 138 valence electrons. The van der Waals surface area contributed by atoms with Crippen molar-refractivity contribution in [2.45, 2.75) is 27.3 Å². The Balaban J connectivity index is 2.47. The average molecular weight is 367 g/mol. The number of hydrogen-bond donors (Lipinski definition) is 1. The Bertz CT molecular complexity index is 1140. The summed E-state index contributed by atoms with van der Waals surface area (Å²) in [5.74, 6) is -1.36. The van der Waals surface area contributed by atoms with E-state index in [0.29, 0.717) is 34.6 Å². The third-order valence-corrected chi connectivity index (χ3v) is 4.36. The number of aromatic nitrogens is 2. The normalized spacial score (nSPS) is 10.9. The number of nitro benzene ring substituents is 1. The number of carboxylic acid groups (broad SMARTS) is 1. The molecule has 0 aliphatic rings. The molecule has 27 heavy (non-hydrogen) atoms. The van der Waals surface area contributed by atoms with Crippen molar-refractivity contribution in [3.63, 3.8) is 0 Å². The number of aromatic carboxylic acids is 1. The second kappa shape index (κ2) is 6.64. The lowest BCUT2D eigenvalue weighted by Gasteiger charge is -2.13. The van der Waals surface area contributed by atoms with Crippen LogP contribution in [0, 0.1) is 24.0 Å². The van der Waals surface area contributed by atoms with Gasteiger partial charge in [0.15, 0.2) is 0 Å². The molecule has 0 unspecified atom stereocenters. The van der Waals surface area contributed by atoms with E-state index in [-0.39, 0.29) is 11.1 Å². The van der Waals surface area contributed by atoms with Gasteiger partial charge in [0.2, 0.25) is 5.43 Å². The molecule has 0 fully saturated rings. The molecular formula is C19H17N3O5. The van der Waals surface area contributed by atoms with Crippen molar-refractivity contribution in [3.8, 4) is 11.1 Å². The van der Waals surface area contributed by atoms with Crippen LogP contribution in [0.5, 0.6) is 0 Å². The van der Waals surface area contributed by atoms with Crippen molar-refractivity contribution in [1.82, 2.24) is 9.55 Å². The van der Waals surface area contributed by atoms with E-state index < -0.39 is 21.9 Å². The number of benzene rings is 1. The second-order valence-corrected chi connectivity index (χ2v) is 6.25. The van der Waals surface area contributed by atoms with Gasteiger partial charge in [-0.3, -0.25) is 19.9 Å². The lowest BCUT2D eigenvalue weighted by molar-refractivity contribution is -0.384. The second-order valence-electron chi connectivity index (χ2n) is 6.25. The summed E-state index contributed by atoms with van der Waals surface area (Å²) in [5, 5.41) is 20.9. The Labute approximate surface area is 153 Å². The molecule has 1 aromatic carbocycles. The van der Waals surface area contributed by atoms with Crippen molar-refractivity contribution >= 4 is 22.6 Å². The van der Waals surface area contributed by atoms with Crippen LogP contribution in [0.3, 0.4) is 0 Å². The lowest BCUT2D eigenvalue weighted by Crippen LogP contribution is -2.19. The minimum atomic E-state index is -1.36. The quantitative estimate of drug-likeness (QED) is 0.559. The smallest absolute Gasteiger partial charge is 0.341 e. The predicted molar refractivity (Wildman–Crippen MR) is 100 cm³/mol. The zero-order valence-corrected chi connectivity index (χ0v) is 15.0. The van der Waals surface area contributed by atoms with Crippen LogP contribution in [0.25, 0.3) is 22.0 Å². The molecular weight excluding hydrogens is 350 g/mol. The van der Waals surface area contributed by atoms with Gasteiger partial charge in [0, 0.05) is 30.2 Å². The number of carbonyl (C=O) groups is 1. The molecule has 8 nitrogen and oxygen atoms in total. The fourth-order valence-corrected chi connectivity index (χ4v) is 3.21. The van der Waals surface area contributed by atoms with Gasteiger partial charge in [-0.1, -0.05) is 0 Å². The van der Waals surface area contributed by atoms with Crippen molar-refractivity contribution in [2.24, 2.45) is 0 Å². The van der Waals surface area contributed by atoms with Crippen molar-refractivity contribution in [1.29, 1.82) is 0 Å². The molecule has 3 rings (SSSR count). The number of rotatable bonds is 4. The van der Waals surface area contributed by atoms with Crippen LogP contribution in [0.1, 0.15) is 28.7 Å². The number of pyridine rings is 2. The highest BCUT2D eigenvalue weighted by Crippen LogP contribution is 2.34. The summed E-state index contributed by atoms with van der Waals surface area (Å²) in [7, 11) is 0. The van der Waals surface area contributed by atoms with Crippen molar-refractivity contribution in [3.05, 3.63) is 67.8 Å². The van der Waals surface area contributed by atoms with Crippen LogP contribution >= 0.6 is 0 Å². The van der Waals surface area contributed by atoms with Crippen LogP contribution in [0.2, 0.25) is 0 Å². The number of fused-ring (bicyclic) bond motifs is 1. The maximum absolute atomic E-state index is 12.5. The molecule has 2 aromatic heterocycles. The summed E-state index contributed by atoms with van der Waals surface area (Å²) in [6, 6.07) is 6.21. The molecule has 3 aromatic rings. The maximum atomic E-state index is 12.5. The van der Waals surface area contributed by atoms with Crippen molar-refractivity contribution in [2.75, 3.05) is 0 Å². The van der Waals surface area contributed by atoms with Crippen LogP contribution < -0.4 is 5.43 Å². The Kier molecular flexibility index (Phi) is 4.49. The molecule has 0 aliphatic carbocycles. The largest absolute Gasteiger partial charge is 0.477 e. The fourth-order valence-electron chi connectivity index (χ4n) is 3.21. The summed E-state index contributed by atoms with van der Waals surface area (Å²) in [5.41, 5.74) is 1.44. The average Bonchev–Trinajstić information content (AvgIpc) is 2.60. The van der Waals surface area contributed by atoms with E-state index >= 15 is 0 Å². The first-order chi connectivity index (χ1) is 12.7. The maximum Gasteiger partial charge on any atom is 0.341 e. The van der Waals surface area contributed by atoms with Crippen LogP contribution in [-0.4, -0.2) is 25.6 Å². The van der Waals surface area contributed by atoms with Gasteiger partial charge in [0.1, 0.15) is 5.56 Å². The summed E-state index contributed by atoms with van der Waals surface area (Å²) >= 11 is 0. The van der Waals surface area contributed by atoms with E-state index in [4.69, 9.17) is 0 Å². The number of nitrogens with zero attached hydrogens (tertiary/aromatic N) is 3. The van der Waals surface area contributed by atoms with Crippen LogP contribution in [0.4, 0.5) is 5.69 Å². The van der Waals surface area contributed by atoms with E-state index in [1.54, 1.807) is 43.5 Å². The number of hydrogen-bond acceptors (Lipinski definition) is 5. The molecule has 2 heterocycles. The Morgan fingerprint density at radius 3 is 2.37 bits per heavy atom. The van der Waals surface area contributed by atoms with E-state index in [9.17, 15) is 24.8 Å². The van der Waals surface area contributed by atoms with Gasteiger partial charge in [-0.2, -0.15) is 0 Å². The van der Waals surface area contributed by atoms with Crippen LogP contribution in [0.15, 0.2) is 35.3 Å². The molecule has 0 spiro atoms. The molecule has 0 atom stereocenters. The lowest BCUT2D eigenvalue weighted by atomic mass is 9.99. The Hall–Kier alpha value is -3.55. The SMILES string of the molecule is CCn1cc(C(=O)O)c(=O)c2cc([N+](=O)[O-])c(-c3cc(C)nc(C)c3)cc21. The Morgan fingerprint density at radius 1 is 1.22 bits per heavy atom. The highest BCUT2D eigenvalue weighted by molar-refractivity contribution is 5.96. The zero-order valence-electron chi connectivity index (χ0n) is 15.0. The van der Waals surface area contributed by atoms with Gasteiger partial charge in [-0.25, -0.2) is 4.79 Å². The molecule has 0 radical (unpaired) electrons. The predicted octanol–water partition coefficient (Wildman–Crippen LogP) is 3.31. The van der Waals surface area contributed by atoms with Gasteiger partial charge in [0.05, 0.1) is 21.4 Å². The van der Waals surface area contributed by atoms with Gasteiger partial charge in [-0.15, -0.1) is 0 Å². The van der Waals surface area contributed by atoms with Crippen LogP contribution in [-0.2, 0) is 6.54 Å². The highest BCUT2D eigenvalue weighted by atomic mass is 16.6. The molecule has 0 bridgehead atoms. The van der Waals surface area contributed by atoms with E-state index in [1.165, 1.54) is 6.20 Å². The molecule has 8 heteroatoms. The first-order valence-electron chi connectivity index (χ1n) is 8.27. The number of aryl methyl sites for hydroxylation is 3. The highest BCUT2D eigenvalue weighted by Gasteiger charge is 2.22. The van der Waals surface area contributed by atoms with E-state index in [0.717, 1.165) is 6.07 Å². The number of nitro groups is 1. The van der Waals surface area contributed by atoms with Gasteiger partial charge in [0.25, 0.3) is 5.69 Å². The van der Waals surface area contributed by atoms with E-state index in [2.05, 4.69) is 4.98 Å². The molecule has 0 amide bonds. The minimum absolute atomic E-state index is 0.00898.